The Labute approximate surface area is 160 Å². The van der Waals surface area contributed by atoms with E-state index in [0.29, 0.717) is 13.0 Å². The Bertz CT molecular complexity index is 873. The summed E-state index contributed by atoms with van der Waals surface area (Å²) in [6.07, 6.45) is 2.71. The van der Waals surface area contributed by atoms with Gasteiger partial charge in [0, 0.05) is 32.5 Å². The molecule has 138 valence electrons. The molecule has 2 aromatic rings. The first-order valence-electron chi connectivity index (χ1n) is 9.57. The maximum Gasteiger partial charge on any atom is 0.222 e. The summed E-state index contributed by atoms with van der Waals surface area (Å²) in [4.78, 5) is 14.5. The molecule has 0 spiro atoms. The zero-order valence-electron chi connectivity index (χ0n) is 15.9. The Morgan fingerprint density at radius 2 is 1.78 bits per heavy atom. The van der Waals surface area contributed by atoms with E-state index < -0.39 is 0 Å². The van der Waals surface area contributed by atoms with Crippen molar-refractivity contribution in [2.75, 3.05) is 20.1 Å². The van der Waals surface area contributed by atoms with Crippen molar-refractivity contribution in [1.82, 2.24) is 9.91 Å². The molecule has 1 fully saturated rings. The summed E-state index contributed by atoms with van der Waals surface area (Å²) < 4.78 is 0. The lowest BCUT2D eigenvalue weighted by atomic mass is 9.83. The maximum atomic E-state index is 12.5. The van der Waals surface area contributed by atoms with Crippen molar-refractivity contribution in [1.29, 1.82) is 0 Å². The van der Waals surface area contributed by atoms with Crippen molar-refractivity contribution >= 4 is 17.7 Å². The minimum absolute atomic E-state index is 0.160. The van der Waals surface area contributed by atoms with Gasteiger partial charge in [0.25, 0.3) is 0 Å². The Balaban J connectivity index is 1.74. The molecule has 4 heteroatoms. The van der Waals surface area contributed by atoms with Crippen LogP contribution in [0.3, 0.4) is 0 Å². The number of carbonyl (C=O) groups excluding carboxylic acids is 1. The van der Waals surface area contributed by atoms with E-state index in [1.165, 1.54) is 5.56 Å². The van der Waals surface area contributed by atoms with E-state index in [0.717, 1.165) is 23.4 Å². The van der Waals surface area contributed by atoms with Crippen molar-refractivity contribution < 1.29 is 4.79 Å². The van der Waals surface area contributed by atoms with E-state index in [-0.39, 0.29) is 17.9 Å². The molecule has 2 unspecified atom stereocenters. The molecule has 4 rings (SSSR count). The molecule has 0 radical (unpaired) electrons. The molecule has 27 heavy (non-hydrogen) atoms. The molecule has 0 aliphatic carbocycles. The van der Waals surface area contributed by atoms with E-state index in [2.05, 4.69) is 47.5 Å². The van der Waals surface area contributed by atoms with Gasteiger partial charge in [-0.3, -0.25) is 9.80 Å². The molecule has 2 aromatic carbocycles. The molecular formula is C23H25N3O. The third kappa shape index (κ3) is 3.39. The number of carbonyl (C=O) groups is 1. The van der Waals surface area contributed by atoms with Crippen molar-refractivity contribution in [2.24, 2.45) is 11.0 Å². The lowest BCUT2D eigenvalue weighted by Gasteiger charge is -2.36. The van der Waals surface area contributed by atoms with Crippen molar-refractivity contribution in [3.63, 3.8) is 0 Å². The predicted molar refractivity (Wildman–Crippen MR) is 109 cm³/mol. The van der Waals surface area contributed by atoms with Crippen LogP contribution in [0.15, 0.2) is 71.3 Å². The predicted octanol–water partition coefficient (Wildman–Crippen LogP) is 3.98. The number of benzene rings is 2. The van der Waals surface area contributed by atoms with Crippen LogP contribution in [-0.2, 0) is 4.79 Å². The van der Waals surface area contributed by atoms with E-state index in [1.807, 2.05) is 43.1 Å². The monoisotopic (exact) mass is 359 g/mol. The van der Waals surface area contributed by atoms with Crippen molar-refractivity contribution in [3.05, 3.63) is 77.4 Å². The minimum atomic E-state index is 0.160. The van der Waals surface area contributed by atoms with Gasteiger partial charge >= 0.3 is 0 Å². The van der Waals surface area contributed by atoms with E-state index in [1.54, 1.807) is 0 Å². The van der Waals surface area contributed by atoms with Crippen molar-refractivity contribution in [2.45, 2.75) is 19.4 Å². The number of hydrazone groups is 1. The first-order chi connectivity index (χ1) is 13.2. The van der Waals surface area contributed by atoms with Gasteiger partial charge in [-0.2, -0.15) is 5.10 Å². The minimum Gasteiger partial charge on any atom is -0.338 e. The van der Waals surface area contributed by atoms with Gasteiger partial charge in [-0.1, -0.05) is 67.6 Å². The van der Waals surface area contributed by atoms with Crippen LogP contribution >= 0.6 is 0 Å². The van der Waals surface area contributed by atoms with Gasteiger partial charge in [0.15, 0.2) is 0 Å². The molecule has 0 bridgehead atoms. The second kappa shape index (κ2) is 7.39. The first-order valence-corrected chi connectivity index (χ1v) is 9.57. The smallest absolute Gasteiger partial charge is 0.222 e. The summed E-state index contributed by atoms with van der Waals surface area (Å²) in [6.45, 7) is 3.29. The third-order valence-corrected chi connectivity index (χ3v) is 5.44. The average Bonchev–Trinajstić information content (AvgIpc) is 3.05. The molecule has 1 amide bonds. The summed E-state index contributed by atoms with van der Waals surface area (Å²) in [6, 6.07) is 20.9. The molecule has 1 saturated heterocycles. The number of piperidine rings is 1. The maximum absolute atomic E-state index is 12.5. The molecule has 0 saturated carbocycles. The van der Waals surface area contributed by atoms with Crippen LogP contribution in [0.4, 0.5) is 0 Å². The Morgan fingerprint density at radius 3 is 2.44 bits per heavy atom. The van der Waals surface area contributed by atoms with Gasteiger partial charge in [-0.05, 0) is 22.8 Å². The summed E-state index contributed by atoms with van der Waals surface area (Å²) in [7, 11) is 2.04. The zero-order chi connectivity index (χ0) is 18.8. The van der Waals surface area contributed by atoms with Gasteiger partial charge < -0.3 is 4.90 Å². The van der Waals surface area contributed by atoms with Gasteiger partial charge in [0.2, 0.25) is 5.91 Å². The summed E-state index contributed by atoms with van der Waals surface area (Å²) in [5.41, 5.74) is 4.65. The van der Waals surface area contributed by atoms with Crippen LogP contribution in [0.5, 0.6) is 0 Å². The van der Waals surface area contributed by atoms with Crippen LogP contribution in [0.25, 0.3) is 6.08 Å². The standard InChI is InChI=1S/C23H25N3O/c1-3-21(27)26-15-19(14-17-10-6-4-7-11-17)22-20(16-26)23(25(2)24-22)18-12-8-5-9-13-18/h4-14,20,23H,3,15-16H2,1-2H3/b19-14+. The highest BCUT2D eigenvalue weighted by molar-refractivity contribution is 6.08. The van der Waals surface area contributed by atoms with Crippen LogP contribution in [0.1, 0.15) is 30.5 Å². The number of rotatable bonds is 3. The third-order valence-electron chi connectivity index (χ3n) is 5.44. The quantitative estimate of drug-likeness (QED) is 0.831. The van der Waals surface area contributed by atoms with E-state index in [9.17, 15) is 4.79 Å². The molecule has 0 aromatic heterocycles. The highest BCUT2D eigenvalue weighted by atomic mass is 16.2. The molecule has 2 atom stereocenters. The highest BCUT2D eigenvalue weighted by Gasteiger charge is 2.42. The first kappa shape index (κ1) is 17.5. The summed E-state index contributed by atoms with van der Waals surface area (Å²) in [5, 5.41) is 6.97. The lowest BCUT2D eigenvalue weighted by molar-refractivity contribution is -0.131. The molecule has 2 aliphatic rings. The fourth-order valence-electron chi connectivity index (χ4n) is 4.18. The van der Waals surface area contributed by atoms with E-state index >= 15 is 0 Å². The Kier molecular flexibility index (Phi) is 4.80. The fourth-order valence-corrected chi connectivity index (χ4v) is 4.18. The normalized spacial score (nSPS) is 23.3. The molecule has 0 N–H and O–H groups in total. The summed E-state index contributed by atoms with van der Waals surface area (Å²) >= 11 is 0. The number of amides is 1. The van der Waals surface area contributed by atoms with Crippen LogP contribution in [0.2, 0.25) is 0 Å². The summed E-state index contributed by atoms with van der Waals surface area (Å²) in [5.74, 6) is 0.394. The second-order valence-electron chi connectivity index (χ2n) is 7.23. The largest absolute Gasteiger partial charge is 0.338 e. The topological polar surface area (TPSA) is 35.9 Å². The highest BCUT2D eigenvalue weighted by Crippen LogP contribution is 2.40. The molecule has 2 aliphatic heterocycles. The second-order valence-corrected chi connectivity index (χ2v) is 7.23. The van der Waals surface area contributed by atoms with Crippen LogP contribution in [-0.4, -0.2) is 41.7 Å². The Hall–Kier alpha value is -2.88. The number of likely N-dealkylation sites (tertiary alicyclic amines) is 1. The molecule has 2 heterocycles. The Morgan fingerprint density at radius 1 is 1.11 bits per heavy atom. The molecule has 4 nitrogen and oxygen atoms in total. The van der Waals surface area contributed by atoms with Crippen LogP contribution < -0.4 is 0 Å². The SMILES string of the molecule is CCC(=O)N1C/C(=C\c2ccccc2)C2=NN(C)C(c3ccccc3)C2C1. The zero-order valence-corrected chi connectivity index (χ0v) is 15.9. The van der Waals surface area contributed by atoms with Crippen molar-refractivity contribution in [3.8, 4) is 0 Å². The number of nitrogens with zero attached hydrogens (tertiary/aromatic N) is 3. The fraction of sp³-hybridized carbons (Fsp3) is 0.304. The van der Waals surface area contributed by atoms with E-state index in [4.69, 9.17) is 5.10 Å². The van der Waals surface area contributed by atoms with Gasteiger partial charge in [-0.15, -0.1) is 0 Å². The van der Waals surface area contributed by atoms with Gasteiger partial charge in [0.1, 0.15) is 0 Å². The lowest BCUT2D eigenvalue weighted by Crippen LogP contribution is -2.46. The average molecular weight is 359 g/mol. The molecular weight excluding hydrogens is 334 g/mol. The number of fused-ring (bicyclic) bond motifs is 1. The number of hydrogen-bond donors (Lipinski definition) is 0. The van der Waals surface area contributed by atoms with Gasteiger partial charge in [-0.25, -0.2) is 0 Å². The number of hydrogen-bond acceptors (Lipinski definition) is 3. The van der Waals surface area contributed by atoms with Gasteiger partial charge in [0.05, 0.1) is 11.8 Å². The van der Waals surface area contributed by atoms with Crippen LogP contribution in [0, 0.1) is 5.92 Å².